The van der Waals surface area contributed by atoms with Crippen LogP contribution in [0.2, 0.25) is 0 Å². The van der Waals surface area contributed by atoms with Crippen molar-refractivity contribution in [3.05, 3.63) is 71.0 Å². The molecule has 2 amide bonds. The highest BCUT2D eigenvalue weighted by atomic mass is 32.2. The van der Waals surface area contributed by atoms with Crippen LogP contribution in [0.4, 0.5) is 4.39 Å². The Morgan fingerprint density at radius 3 is 2.34 bits per heavy atom. The van der Waals surface area contributed by atoms with E-state index in [1.807, 2.05) is 12.1 Å². The van der Waals surface area contributed by atoms with Crippen molar-refractivity contribution in [2.75, 3.05) is 25.1 Å². The predicted octanol–water partition coefficient (Wildman–Crippen LogP) is 2.71. The molecule has 2 N–H and O–H groups in total. The van der Waals surface area contributed by atoms with Crippen molar-refractivity contribution < 1.29 is 22.4 Å². The Morgan fingerprint density at radius 1 is 1.09 bits per heavy atom. The van der Waals surface area contributed by atoms with E-state index < -0.39 is 27.4 Å². The first-order valence-electron chi connectivity index (χ1n) is 11.9. The number of primary amides is 1. The van der Waals surface area contributed by atoms with E-state index in [1.165, 1.54) is 12.1 Å². The van der Waals surface area contributed by atoms with Crippen LogP contribution < -0.4 is 5.73 Å². The second kappa shape index (κ2) is 10.5. The summed E-state index contributed by atoms with van der Waals surface area (Å²) in [5, 5.41) is 0. The van der Waals surface area contributed by atoms with Gasteiger partial charge in [-0.1, -0.05) is 24.3 Å². The quantitative estimate of drug-likeness (QED) is 0.569. The molecule has 0 aromatic heterocycles. The molecule has 4 rings (SSSR count). The second-order valence-corrected chi connectivity index (χ2v) is 11.9. The topological polar surface area (TPSA) is 101 Å². The van der Waals surface area contributed by atoms with Gasteiger partial charge in [-0.2, -0.15) is 0 Å². The molecule has 2 bridgehead atoms. The Hall–Kier alpha value is -2.78. The van der Waals surface area contributed by atoms with Crippen molar-refractivity contribution in [1.29, 1.82) is 0 Å². The fourth-order valence-electron chi connectivity index (χ4n) is 5.51. The van der Waals surface area contributed by atoms with E-state index in [2.05, 4.69) is 11.0 Å². The third-order valence-corrected chi connectivity index (χ3v) is 7.95. The van der Waals surface area contributed by atoms with Crippen molar-refractivity contribution in [1.82, 2.24) is 9.80 Å². The molecule has 0 saturated carbocycles. The molecule has 0 radical (unpaired) electrons. The highest BCUT2D eigenvalue weighted by Crippen LogP contribution is 2.43. The molecular formula is C26H32FN3O4S. The summed E-state index contributed by atoms with van der Waals surface area (Å²) in [5.41, 5.74) is 7.88. The van der Waals surface area contributed by atoms with Gasteiger partial charge in [0.25, 0.3) is 0 Å². The molecule has 2 fully saturated rings. The van der Waals surface area contributed by atoms with Gasteiger partial charge < -0.3 is 10.6 Å². The van der Waals surface area contributed by atoms with E-state index in [1.54, 1.807) is 23.1 Å². The molecule has 2 aromatic rings. The van der Waals surface area contributed by atoms with Crippen molar-refractivity contribution >= 4 is 21.7 Å². The summed E-state index contributed by atoms with van der Waals surface area (Å²) in [6.07, 6.45) is 5.14. The summed E-state index contributed by atoms with van der Waals surface area (Å²) in [4.78, 5) is 28.4. The van der Waals surface area contributed by atoms with Crippen LogP contribution in [0.25, 0.3) is 0 Å². The molecule has 2 aromatic carbocycles. The molecule has 2 saturated heterocycles. The summed E-state index contributed by atoms with van der Waals surface area (Å²) in [7, 11) is -3.47. The third-order valence-electron chi connectivity index (χ3n) is 7.18. The van der Waals surface area contributed by atoms with E-state index in [0.717, 1.165) is 43.1 Å². The van der Waals surface area contributed by atoms with E-state index in [0.29, 0.717) is 36.7 Å². The normalized spacial score (nSPS) is 22.2. The highest BCUT2D eigenvalue weighted by molar-refractivity contribution is 7.91. The van der Waals surface area contributed by atoms with Gasteiger partial charge in [-0.3, -0.25) is 14.5 Å². The van der Waals surface area contributed by atoms with Crippen LogP contribution in [-0.4, -0.2) is 67.2 Å². The molecule has 2 heterocycles. The molecule has 0 spiro atoms. The van der Waals surface area contributed by atoms with Crippen molar-refractivity contribution in [3.8, 4) is 0 Å². The minimum atomic E-state index is -3.47. The average molecular weight is 502 g/mol. The summed E-state index contributed by atoms with van der Waals surface area (Å²) in [6, 6.07) is 14.2. The van der Waals surface area contributed by atoms with Crippen molar-refractivity contribution in [2.45, 2.75) is 50.2 Å². The fourth-order valence-corrected chi connectivity index (χ4v) is 6.14. The van der Waals surface area contributed by atoms with Gasteiger partial charge in [-0.25, -0.2) is 12.8 Å². The number of carbonyl (C=O) groups is 2. The third kappa shape index (κ3) is 6.46. The Labute approximate surface area is 206 Å². The van der Waals surface area contributed by atoms with E-state index in [9.17, 15) is 22.4 Å². The number of carbonyl (C=O) groups excluding carboxylic acids is 2. The number of rotatable bonds is 9. The van der Waals surface area contributed by atoms with Crippen LogP contribution in [-0.2, 0) is 21.2 Å². The summed E-state index contributed by atoms with van der Waals surface area (Å²) in [6.45, 7) is 1.29. The van der Waals surface area contributed by atoms with Gasteiger partial charge in [0.05, 0.1) is 0 Å². The number of benzene rings is 2. The lowest BCUT2D eigenvalue weighted by Crippen LogP contribution is -2.47. The van der Waals surface area contributed by atoms with Crippen LogP contribution in [0.1, 0.15) is 53.1 Å². The maximum absolute atomic E-state index is 13.3. The number of amides is 2. The maximum atomic E-state index is 13.3. The maximum Gasteiger partial charge on any atom is 0.248 e. The first-order chi connectivity index (χ1) is 16.6. The number of piperidine rings is 1. The fraction of sp³-hybridized carbons (Fsp3) is 0.462. The van der Waals surface area contributed by atoms with Gasteiger partial charge in [0, 0.05) is 43.5 Å². The Balaban J connectivity index is 1.43. The van der Waals surface area contributed by atoms with Gasteiger partial charge in [-0.15, -0.1) is 0 Å². The molecule has 7 nitrogen and oxygen atoms in total. The Bertz CT molecular complexity index is 1170. The van der Waals surface area contributed by atoms with Crippen LogP contribution in [0.5, 0.6) is 0 Å². The zero-order chi connectivity index (χ0) is 25.2. The van der Waals surface area contributed by atoms with E-state index in [4.69, 9.17) is 5.73 Å². The monoisotopic (exact) mass is 501 g/mol. The minimum absolute atomic E-state index is 0.236. The average Bonchev–Trinajstić information content (AvgIpc) is 3.03. The van der Waals surface area contributed by atoms with Crippen LogP contribution in [0.15, 0.2) is 48.5 Å². The molecule has 2 unspecified atom stereocenters. The highest BCUT2D eigenvalue weighted by Gasteiger charge is 2.41. The van der Waals surface area contributed by atoms with Gasteiger partial charge in [-0.05, 0) is 67.0 Å². The molecule has 9 heteroatoms. The molecule has 2 atom stereocenters. The van der Waals surface area contributed by atoms with Gasteiger partial charge in [0.2, 0.25) is 11.8 Å². The number of sulfone groups is 1. The Morgan fingerprint density at radius 2 is 1.74 bits per heavy atom. The lowest BCUT2D eigenvalue weighted by atomic mass is 9.84. The smallest absolute Gasteiger partial charge is 0.248 e. The van der Waals surface area contributed by atoms with Crippen LogP contribution >= 0.6 is 0 Å². The Kier molecular flexibility index (Phi) is 7.56. The van der Waals surface area contributed by atoms with Crippen molar-refractivity contribution in [3.63, 3.8) is 0 Å². The zero-order valence-electron chi connectivity index (χ0n) is 19.9. The number of nitrogens with zero attached hydrogens (tertiary/aromatic N) is 2. The second-order valence-electron chi connectivity index (χ2n) is 9.79. The molecule has 2 aliphatic rings. The number of halogens is 1. The first kappa shape index (κ1) is 25.3. The summed E-state index contributed by atoms with van der Waals surface area (Å²) < 4.78 is 36.8. The molecule has 35 heavy (non-hydrogen) atoms. The van der Waals surface area contributed by atoms with Crippen LogP contribution in [0, 0.1) is 5.82 Å². The number of fused-ring (bicyclic) bond motifs is 2. The zero-order valence-corrected chi connectivity index (χ0v) is 20.7. The number of hydrogen-bond donors (Lipinski definition) is 1. The molecule has 2 aliphatic heterocycles. The molecular weight excluding hydrogens is 469 g/mol. The summed E-state index contributed by atoms with van der Waals surface area (Å²) >= 11 is 0. The first-order valence-corrected chi connectivity index (χ1v) is 14.0. The van der Waals surface area contributed by atoms with Gasteiger partial charge in [0.1, 0.15) is 11.6 Å². The largest absolute Gasteiger partial charge is 0.366 e. The minimum Gasteiger partial charge on any atom is -0.366 e. The summed E-state index contributed by atoms with van der Waals surface area (Å²) in [5.74, 6) is -1.41. The molecule has 188 valence electrons. The predicted molar refractivity (Wildman–Crippen MR) is 132 cm³/mol. The molecule has 0 aliphatic carbocycles. The van der Waals surface area contributed by atoms with Gasteiger partial charge >= 0.3 is 0 Å². The van der Waals surface area contributed by atoms with Gasteiger partial charge in [0.15, 0.2) is 9.84 Å². The van der Waals surface area contributed by atoms with Crippen LogP contribution in [0.3, 0.4) is 0 Å². The van der Waals surface area contributed by atoms with E-state index in [-0.39, 0.29) is 12.4 Å². The van der Waals surface area contributed by atoms with Crippen molar-refractivity contribution in [2.24, 2.45) is 5.73 Å². The van der Waals surface area contributed by atoms with E-state index >= 15 is 0 Å². The number of nitrogens with two attached hydrogens (primary N) is 1. The lowest BCUT2D eigenvalue weighted by molar-refractivity contribution is -0.129. The SMILES string of the molecule is CS(=O)(=O)CC(=O)N(CCN1C2CCC1CC(c1cccc(C(N)=O)c1)C2)Cc1ccc(F)cc1. The lowest BCUT2D eigenvalue weighted by Gasteiger charge is -2.40. The number of hydrogen-bond acceptors (Lipinski definition) is 5. The standard InChI is InChI=1S/C26H32FN3O4S/c1-35(33,34)17-25(31)29(16-18-5-7-22(27)8-6-18)11-12-30-23-9-10-24(30)15-21(14-23)19-3-2-4-20(13-19)26(28)32/h2-8,13,21,23-24H,9-12,14-17H2,1H3,(H2,28,32).